The second-order valence-electron chi connectivity index (χ2n) is 9.39. The lowest BCUT2D eigenvalue weighted by molar-refractivity contribution is 0.0239. The number of rotatable bonds is 14. The molecule has 1 amide bonds. The molecule has 0 saturated heterocycles. The lowest BCUT2D eigenvalue weighted by Crippen LogP contribution is -2.45. The molecule has 2 unspecified atom stereocenters. The number of ether oxygens (including phenoxy) is 1. The summed E-state index contributed by atoms with van der Waals surface area (Å²) >= 11 is 1.64. The molecule has 6 nitrogen and oxygen atoms in total. The van der Waals surface area contributed by atoms with Crippen molar-refractivity contribution in [3.63, 3.8) is 0 Å². The summed E-state index contributed by atoms with van der Waals surface area (Å²) in [6, 6.07) is 19.0. The number of nitrogens with zero attached hydrogens (tertiary/aromatic N) is 1. The third-order valence-corrected chi connectivity index (χ3v) is 7.00. The van der Waals surface area contributed by atoms with Crippen molar-refractivity contribution in [2.75, 3.05) is 19.6 Å². The summed E-state index contributed by atoms with van der Waals surface area (Å²) in [5.41, 5.74) is 9.42. The second kappa shape index (κ2) is 14.7. The largest absolute Gasteiger partial charge is 0.456 e. The first-order valence-electron chi connectivity index (χ1n) is 13.1. The van der Waals surface area contributed by atoms with Gasteiger partial charge in [-0.25, -0.2) is 4.79 Å². The van der Waals surface area contributed by atoms with Crippen molar-refractivity contribution in [1.82, 2.24) is 10.2 Å². The molecule has 0 aliphatic rings. The van der Waals surface area contributed by atoms with E-state index in [2.05, 4.69) is 19.2 Å². The normalized spacial score (nSPS) is 12.6. The molecule has 2 atom stereocenters. The monoisotopic (exact) mass is 521 g/mol. The van der Waals surface area contributed by atoms with Gasteiger partial charge in [0.15, 0.2) is 0 Å². The van der Waals surface area contributed by atoms with Gasteiger partial charge in [0.1, 0.15) is 6.10 Å². The van der Waals surface area contributed by atoms with Crippen LogP contribution in [0, 0.1) is 6.92 Å². The molecule has 37 heavy (non-hydrogen) atoms. The highest BCUT2D eigenvalue weighted by atomic mass is 32.1. The van der Waals surface area contributed by atoms with E-state index in [0.29, 0.717) is 43.7 Å². The highest BCUT2D eigenvalue weighted by Gasteiger charge is 2.25. The lowest BCUT2D eigenvalue weighted by Gasteiger charge is -2.25. The van der Waals surface area contributed by atoms with Gasteiger partial charge in [0, 0.05) is 49.1 Å². The molecule has 198 valence electrons. The van der Waals surface area contributed by atoms with Crippen molar-refractivity contribution in [1.29, 1.82) is 0 Å². The molecule has 3 N–H and O–H groups in total. The molecular formula is C30H39N3O3S. The Morgan fingerprint density at radius 1 is 1.00 bits per heavy atom. The van der Waals surface area contributed by atoms with E-state index < -0.39 is 12.1 Å². The first-order valence-corrected chi connectivity index (χ1v) is 13.9. The minimum Gasteiger partial charge on any atom is -0.456 e. The van der Waals surface area contributed by atoms with Gasteiger partial charge in [-0.05, 0) is 60.5 Å². The first kappa shape index (κ1) is 28.6. The number of amides is 1. The van der Waals surface area contributed by atoms with Crippen LogP contribution in [-0.4, -0.2) is 48.6 Å². The van der Waals surface area contributed by atoms with Gasteiger partial charge in [-0.1, -0.05) is 50.2 Å². The SMILES string of the molecule is CCCN(CCC)C(=O)c1cc(C)cc(C(=O)OC(CNCc2ccccc2)C(N)Cc2cccs2)c1. The first-order chi connectivity index (χ1) is 17.9. The van der Waals surface area contributed by atoms with E-state index in [0.717, 1.165) is 28.8 Å². The molecule has 0 aliphatic carbocycles. The Kier molecular flexibility index (Phi) is 11.3. The highest BCUT2D eigenvalue weighted by molar-refractivity contribution is 7.09. The van der Waals surface area contributed by atoms with Gasteiger partial charge in [-0.3, -0.25) is 4.79 Å². The topological polar surface area (TPSA) is 84.7 Å². The van der Waals surface area contributed by atoms with Crippen molar-refractivity contribution in [3.8, 4) is 0 Å². The van der Waals surface area contributed by atoms with E-state index in [1.54, 1.807) is 23.5 Å². The summed E-state index contributed by atoms with van der Waals surface area (Å²) in [5, 5.41) is 5.40. The fourth-order valence-corrected chi connectivity index (χ4v) is 5.07. The maximum absolute atomic E-state index is 13.3. The molecule has 0 spiro atoms. The molecule has 3 rings (SSSR count). The zero-order valence-electron chi connectivity index (χ0n) is 22.1. The van der Waals surface area contributed by atoms with Gasteiger partial charge in [-0.15, -0.1) is 11.3 Å². The Bertz CT molecular complexity index is 1110. The number of carbonyl (C=O) groups excluding carboxylic acids is 2. The van der Waals surface area contributed by atoms with Crippen molar-refractivity contribution in [2.45, 2.75) is 58.7 Å². The van der Waals surface area contributed by atoms with Gasteiger partial charge < -0.3 is 20.7 Å². The number of esters is 1. The van der Waals surface area contributed by atoms with Crippen LogP contribution < -0.4 is 11.1 Å². The molecule has 0 radical (unpaired) electrons. The molecule has 0 bridgehead atoms. The summed E-state index contributed by atoms with van der Waals surface area (Å²) in [5.74, 6) is -0.527. The van der Waals surface area contributed by atoms with Crippen LogP contribution in [0.5, 0.6) is 0 Å². The Morgan fingerprint density at radius 3 is 2.35 bits per heavy atom. The third kappa shape index (κ3) is 8.81. The van der Waals surface area contributed by atoms with E-state index in [-0.39, 0.29) is 11.9 Å². The van der Waals surface area contributed by atoms with Crippen molar-refractivity contribution in [2.24, 2.45) is 5.73 Å². The van der Waals surface area contributed by atoms with Crippen LogP contribution >= 0.6 is 11.3 Å². The van der Waals surface area contributed by atoms with Gasteiger partial charge in [0.05, 0.1) is 5.56 Å². The number of nitrogens with two attached hydrogens (primary N) is 1. The van der Waals surface area contributed by atoms with Crippen LogP contribution in [0.1, 0.15) is 63.4 Å². The maximum Gasteiger partial charge on any atom is 0.338 e. The smallest absolute Gasteiger partial charge is 0.338 e. The van der Waals surface area contributed by atoms with Gasteiger partial charge in [-0.2, -0.15) is 0 Å². The summed E-state index contributed by atoms with van der Waals surface area (Å²) in [6.07, 6.45) is 1.84. The van der Waals surface area contributed by atoms with Crippen LogP contribution in [-0.2, 0) is 17.7 Å². The van der Waals surface area contributed by atoms with Gasteiger partial charge >= 0.3 is 5.97 Å². The minimum absolute atomic E-state index is 0.0584. The molecule has 7 heteroatoms. The number of nitrogens with one attached hydrogen (secondary N) is 1. The van der Waals surface area contributed by atoms with E-state index in [4.69, 9.17) is 10.5 Å². The molecule has 1 heterocycles. The predicted octanol–water partition coefficient (Wildman–Crippen LogP) is 5.20. The number of aryl methyl sites for hydroxylation is 1. The summed E-state index contributed by atoms with van der Waals surface area (Å²) < 4.78 is 5.98. The zero-order valence-corrected chi connectivity index (χ0v) is 22.9. The van der Waals surface area contributed by atoms with Gasteiger partial charge in [0.25, 0.3) is 5.91 Å². The summed E-state index contributed by atoms with van der Waals surface area (Å²) in [6.45, 7) is 8.44. The molecule has 0 fully saturated rings. The summed E-state index contributed by atoms with van der Waals surface area (Å²) in [4.78, 5) is 29.5. The standard InChI is InChI=1S/C30H39N3O3S/c1-4-13-33(14-5-2)29(34)24-16-22(3)17-25(18-24)30(35)36-28(27(31)19-26-12-9-15-37-26)21-32-20-23-10-7-6-8-11-23/h6-12,15-18,27-28,32H,4-5,13-14,19-21,31H2,1-3H3. The maximum atomic E-state index is 13.3. The summed E-state index contributed by atoms with van der Waals surface area (Å²) in [7, 11) is 0. The van der Waals surface area contributed by atoms with E-state index in [1.165, 1.54) is 0 Å². The van der Waals surface area contributed by atoms with Crippen molar-refractivity contribution in [3.05, 3.63) is 93.2 Å². The molecular weight excluding hydrogens is 482 g/mol. The second-order valence-corrected chi connectivity index (χ2v) is 10.4. The minimum atomic E-state index is -0.533. The average molecular weight is 522 g/mol. The quantitative estimate of drug-likeness (QED) is 0.285. The van der Waals surface area contributed by atoms with E-state index >= 15 is 0 Å². The number of carbonyl (C=O) groups is 2. The van der Waals surface area contributed by atoms with Crippen molar-refractivity contribution >= 4 is 23.2 Å². The predicted molar refractivity (Wildman–Crippen MR) is 151 cm³/mol. The van der Waals surface area contributed by atoms with Crippen molar-refractivity contribution < 1.29 is 14.3 Å². The van der Waals surface area contributed by atoms with Crippen LogP contribution in [0.2, 0.25) is 0 Å². The molecule has 3 aromatic rings. The molecule has 0 aliphatic heterocycles. The Morgan fingerprint density at radius 2 is 1.70 bits per heavy atom. The van der Waals surface area contributed by atoms with Crippen LogP contribution in [0.25, 0.3) is 0 Å². The molecule has 0 saturated carbocycles. The van der Waals surface area contributed by atoms with E-state index in [1.807, 2.05) is 65.7 Å². The average Bonchev–Trinajstić information content (AvgIpc) is 3.40. The lowest BCUT2D eigenvalue weighted by atomic mass is 10.0. The fraction of sp³-hybridized carbons (Fsp3) is 0.400. The Hall–Kier alpha value is -3.00. The molecule has 2 aromatic carbocycles. The van der Waals surface area contributed by atoms with E-state index in [9.17, 15) is 9.59 Å². The Labute approximate surface area is 224 Å². The number of benzene rings is 2. The highest BCUT2D eigenvalue weighted by Crippen LogP contribution is 2.17. The number of thiophene rings is 1. The number of hydrogen-bond acceptors (Lipinski definition) is 6. The third-order valence-electron chi connectivity index (χ3n) is 6.10. The van der Waals surface area contributed by atoms with Crippen LogP contribution in [0.4, 0.5) is 0 Å². The van der Waals surface area contributed by atoms with Crippen LogP contribution in [0.15, 0.2) is 66.0 Å². The fourth-order valence-electron chi connectivity index (χ4n) is 4.29. The van der Waals surface area contributed by atoms with Crippen LogP contribution in [0.3, 0.4) is 0 Å². The Balaban J connectivity index is 1.75. The van der Waals surface area contributed by atoms with Gasteiger partial charge in [0.2, 0.25) is 0 Å². The molecule has 1 aromatic heterocycles. The zero-order chi connectivity index (χ0) is 26.6. The number of hydrogen-bond donors (Lipinski definition) is 2.